The largest absolute Gasteiger partial charge is 0.481 e. The third-order valence-electron chi connectivity index (χ3n) is 3.22. The zero-order valence-electron chi connectivity index (χ0n) is 12.5. The molecule has 21 heavy (non-hydrogen) atoms. The number of carboxylic acids is 1. The molecule has 2 unspecified atom stereocenters. The molecule has 116 valence electrons. The first-order valence-corrected chi connectivity index (χ1v) is 7.20. The zero-order valence-corrected chi connectivity index (χ0v) is 12.5. The van der Waals surface area contributed by atoms with E-state index in [-0.39, 0.29) is 12.5 Å². The molecule has 0 aliphatic rings. The molecule has 0 bridgehead atoms. The fraction of sp³-hybridized carbons (Fsp3) is 0.500. The van der Waals surface area contributed by atoms with Gasteiger partial charge in [0.25, 0.3) is 0 Å². The van der Waals surface area contributed by atoms with Gasteiger partial charge in [-0.3, -0.25) is 9.59 Å². The Morgan fingerprint density at radius 1 is 1.29 bits per heavy atom. The molecule has 1 amide bonds. The lowest BCUT2D eigenvalue weighted by atomic mass is 10.0. The molecule has 0 saturated heterocycles. The number of carbonyl (C=O) groups excluding carboxylic acids is 1. The lowest BCUT2D eigenvalue weighted by molar-refractivity contribution is -0.142. The van der Waals surface area contributed by atoms with Crippen molar-refractivity contribution in [3.63, 3.8) is 0 Å². The van der Waals surface area contributed by atoms with Gasteiger partial charge in [0.2, 0.25) is 5.91 Å². The maximum Gasteiger partial charge on any atom is 0.308 e. The number of aliphatic carboxylic acids is 1. The number of amides is 1. The summed E-state index contributed by atoms with van der Waals surface area (Å²) in [6, 6.07) is 9.58. The molecule has 0 aromatic heterocycles. The molecule has 5 heteroatoms. The Bertz CT molecular complexity index is 447. The van der Waals surface area contributed by atoms with Crippen LogP contribution >= 0.6 is 0 Å². The molecular weight excluding hydrogens is 270 g/mol. The first-order chi connectivity index (χ1) is 10.0. The van der Waals surface area contributed by atoms with Gasteiger partial charge in [0, 0.05) is 6.54 Å². The molecule has 1 aromatic carbocycles. The minimum atomic E-state index is -0.880. The molecule has 1 rings (SSSR count). The first kappa shape index (κ1) is 17.2. The predicted molar refractivity (Wildman–Crippen MR) is 79.7 cm³/mol. The van der Waals surface area contributed by atoms with E-state index < -0.39 is 18.0 Å². The van der Waals surface area contributed by atoms with Crippen molar-refractivity contribution in [1.29, 1.82) is 0 Å². The van der Waals surface area contributed by atoms with Crippen molar-refractivity contribution in [3.05, 3.63) is 35.9 Å². The van der Waals surface area contributed by atoms with Gasteiger partial charge in [-0.05, 0) is 18.9 Å². The second kappa shape index (κ2) is 9.13. The van der Waals surface area contributed by atoms with Gasteiger partial charge in [-0.25, -0.2) is 0 Å². The molecule has 0 aliphatic heterocycles. The molecule has 0 fully saturated rings. The summed E-state index contributed by atoms with van der Waals surface area (Å²) in [6.45, 7) is 4.07. The average molecular weight is 293 g/mol. The zero-order chi connectivity index (χ0) is 15.7. The molecule has 0 spiro atoms. The van der Waals surface area contributed by atoms with Crippen molar-refractivity contribution in [2.24, 2.45) is 5.92 Å². The van der Waals surface area contributed by atoms with Crippen molar-refractivity contribution >= 4 is 11.9 Å². The fourth-order valence-corrected chi connectivity index (χ4v) is 1.90. The second-order valence-corrected chi connectivity index (χ2v) is 5.01. The molecule has 0 heterocycles. The number of rotatable bonds is 9. The molecule has 5 nitrogen and oxygen atoms in total. The normalized spacial score (nSPS) is 13.4. The van der Waals surface area contributed by atoms with E-state index in [2.05, 4.69) is 5.32 Å². The Balaban J connectivity index is 2.35. The summed E-state index contributed by atoms with van der Waals surface area (Å²) in [6.07, 6.45) is 0.711. The van der Waals surface area contributed by atoms with Crippen molar-refractivity contribution in [2.75, 3.05) is 6.54 Å². The van der Waals surface area contributed by atoms with E-state index in [0.717, 1.165) is 12.0 Å². The Kier molecular flexibility index (Phi) is 7.46. The van der Waals surface area contributed by atoms with Crippen LogP contribution in [0.3, 0.4) is 0 Å². The van der Waals surface area contributed by atoms with Gasteiger partial charge in [-0.15, -0.1) is 0 Å². The first-order valence-electron chi connectivity index (χ1n) is 7.20. The second-order valence-electron chi connectivity index (χ2n) is 5.01. The fourth-order valence-electron chi connectivity index (χ4n) is 1.90. The van der Waals surface area contributed by atoms with Gasteiger partial charge < -0.3 is 15.2 Å². The maximum absolute atomic E-state index is 11.9. The van der Waals surface area contributed by atoms with Gasteiger partial charge in [0.05, 0.1) is 12.5 Å². The van der Waals surface area contributed by atoms with E-state index >= 15 is 0 Å². The molecule has 0 saturated carbocycles. The Labute approximate surface area is 125 Å². The van der Waals surface area contributed by atoms with Crippen LogP contribution in [0.1, 0.15) is 32.3 Å². The molecule has 2 atom stereocenters. The van der Waals surface area contributed by atoms with E-state index in [4.69, 9.17) is 9.84 Å². The van der Waals surface area contributed by atoms with Gasteiger partial charge in [0.1, 0.15) is 6.10 Å². The number of nitrogens with one attached hydrogen (secondary N) is 1. The smallest absolute Gasteiger partial charge is 0.308 e. The van der Waals surface area contributed by atoms with E-state index in [0.29, 0.717) is 13.0 Å². The van der Waals surface area contributed by atoms with Gasteiger partial charge in [-0.2, -0.15) is 0 Å². The highest BCUT2D eigenvalue weighted by Gasteiger charge is 2.19. The predicted octanol–water partition coefficient (Wildman–Crippen LogP) is 2.21. The quantitative estimate of drug-likeness (QED) is 0.732. The van der Waals surface area contributed by atoms with E-state index in [9.17, 15) is 9.59 Å². The summed E-state index contributed by atoms with van der Waals surface area (Å²) in [4.78, 5) is 22.9. The van der Waals surface area contributed by atoms with Crippen LogP contribution in [-0.4, -0.2) is 29.6 Å². The summed E-state index contributed by atoms with van der Waals surface area (Å²) >= 11 is 0. The van der Waals surface area contributed by atoms with Crippen LogP contribution in [0, 0.1) is 5.92 Å². The summed E-state index contributed by atoms with van der Waals surface area (Å²) < 4.78 is 5.48. The molecule has 0 aliphatic carbocycles. The van der Waals surface area contributed by atoms with Crippen LogP contribution in [-0.2, 0) is 20.9 Å². The lowest BCUT2D eigenvalue weighted by Crippen LogP contribution is -2.39. The highest BCUT2D eigenvalue weighted by atomic mass is 16.5. The standard InChI is InChI=1S/C16H23NO4/c1-3-7-14(16(19)20)10-17-15(18)12(2)21-11-13-8-5-4-6-9-13/h4-6,8-9,12,14H,3,7,10-11H2,1-2H3,(H,17,18)(H,19,20). The number of ether oxygens (including phenoxy) is 1. The minimum Gasteiger partial charge on any atom is -0.481 e. The molecule has 0 radical (unpaired) electrons. The van der Waals surface area contributed by atoms with Crippen molar-refractivity contribution in [3.8, 4) is 0 Å². The maximum atomic E-state index is 11.9. The van der Waals surface area contributed by atoms with Crippen molar-refractivity contribution < 1.29 is 19.4 Å². The van der Waals surface area contributed by atoms with E-state index in [1.165, 1.54) is 0 Å². The third kappa shape index (κ3) is 6.40. The van der Waals surface area contributed by atoms with E-state index in [1.54, 1.807) is 6.92 Å². The topological polar surface area (TPSA) is 75.6 Å². The summed E-state index contributed by atoms with van der Waals surface area (Å²) in [5.41, 5.74) is 0.992. The van der Waals surface area contributed by atoms with Crippen LogP contribution in [0.25, 0.3) is 0 Å². The number of carbonyl (C=O) groups is 2. The third-order valence-corrected chi connectivity index (χ3v) is 3.22. The highest BCUT2D eigenvalue weighted by molar-refractivity contribution is 5.81. The summed E-state index contributed by atoms with van der Waals surface area (Å²) in [7, 11) is 0. The van der Waals surface area contributed by atoms with Crippen LogP contribution in [0.4, 0.5) is 0 Å². The number of hydrogen-bond donors (Lipinski definition) is 2. The van der Waals surface area contributed by atoms with Crippen LogP contribution in [0.2, 0.25) is 0 Å². The SMILES string of the molecule is CCCC(CNC(=O)C(C)OCc1ccccc1)C(=O)O. The van der Waals surface area contributed by atoms with Gasteiger partial charge in [-0.1, -0.05) is 43.7 Å². The molecule has 1 aromatic rings. The van der Waals surface area contributed by atoms with Crippen LogP contribution in [0.15, 0.2) is 30.3 Å². The van der Waals surface area contributed by atoms with Crippen LogP contribution in [0.5, 0.6) is 0 Å². The summed E-state index contributed by atoms with van der Waals surface area (Å²) in [5.74, 6) is -1.71. The van der Waals surface area contributed by atoms with Gasteiger partial charge >= 0.3 is 5.97 Å². The molecule has 2 N–H and O–H groups in total. The number of carboxylic acid groups (broad SMARTS) is 1. The molecular formula is C16H23NO4. The van der Waals surface area contributed by atoms with E-state index in [1.807, 2.05) is 37.3 Å². The van der Waals surface area contributed by atoms with Crippen LogP contribution < -0.4 is 5.32 Å². The highest BCUT2D eigenvalue weighted by Crippen LogP contribution is 2.06. The Hall–Kier alpha value is -1.88. The Morgan fingerprint density at radius 2 is 1.95 bits per heavy atom. The minimum absolute atomic E-state index is 0.140. The monoisotopic (exact) mass is 293 g/mol. The van der Waals surface area contributed by atoms with Gasteiger partial charge in [0.15, 0.2) is 0 Å². The lowest BCUT2D eigenvalue weighted by Gasteiger charge is -2.16. The summed E-state index contributed by atoms with van der Waals surface area (Å²) in [5, 5.41) is 11.7. The van der Waals surface area contributed by atoms with Crippen molar-refractivity contribution in [1.82, 2.24) is 5.32 Å². The van der Waals surface area contributed by atoms with Crippen molar-refractivity contribution in [2.45, 2.75) is 39.4 Å². The number of hydrogen-bond acceptors (Lipinski definition) is 3. The average Bonchev–Trinajstić information content (AvgIpc) is 2.49. The Morgan fingerprint density at radius 3 is 2.52 bits per heavy atom. The number of benzene rings is 1.